The number of carbonyl (C=O) groups is 2. The highest BCUT2D eigenvalue weighted by molar-refractivity contribution is 6.33. The molecule has 1 rings (SSSR count). The number of ketones is 1. The van der Waals surface area contributed by atoms with Crippen molar-refractivity contribution in [2.75, 3.05) is 0 Å². The number of aryl methyl sites for hydroxylation is 1. The van der Waals surface area contributed by atoms with Gasteiger partial charge in [-0.2, -0.15) is 0 Å². The van der Waals surface area contributed by atoms with Crippen LogP contribution in [0.4, 0.5) is 0 Å². The van der Waals surface area contributed by atoms with Gasteiger partial charge in [0.25, 0.3) is 0 Å². The summed E-state index contributed by atoms with van der Waals surface area (Å²) in [6, 6.07) is 1.42. The van der Waals surface area contributed by atoms with E-state index in [9.17, 15) is 9.59 Å². The first-order valence-corrected chi connectivity index (χ1v) is 7.58. The topological polar surface area (TPSA) is 51.1 Å². The molecule has 1 amide bonds. The number of Topliss-reactive ketones (excluding diaryl/α,β-unsaturated/α-hetero) is 1. The van der Waals surface area contributed by atoms with Gasteiger partial charge in [0.2, 0.25) is 5.91 Å². The van der Waals surface area contributed by atoms with Crippen molar-refractivity contribution < 1.29 is 9.59 Å². The maximum absolute atomic E-state index is 12.3. The SMILES string of the molecule is Cc1cc(C(=O)C(C)Cl)c(C)n1C(C)C(=O)NC(C)(C)C. The van der Waals surface area contributed by atoms with Crippen molar-refractivity contribution in [2.45, 2.75) is 65.4 Å². The molecule has 0 aliphatic carbocycles. The summed E-state index contributed by atoms with van der Waals surface area (Å²) in [6.45, 7) is 13.1. The number of alkyl halides is 1. The molecule has 21 heavy (non-hydrogen) atoms. The summed E-state index contributed by atoms with van der Waals surface area (Å²) in [5.41, 5.74) is 1.96. The van der Waals surface area contributed by atoms with E-state index < -0.39 is 5.38 Å². The van der Waals surface area contributed by atoms with Crippen LogP contribution in [0.15, 0.2) is 6.07 Å². The Balaban J connectivity index is 3.14. The van der Waals surface area contributed by atoms with Gasteiger partial charge in [-0.3, -0.25) is 9.59 Å². The van der Waals surface area contributed by atoms with E-state index in [1.165, 1.54) is 0 Å². The molecule has 0 aromatic carbocycles. The van der Waals surface area contributed by atoms with Crippen molar-refractivity contribution in [3.05, 3.63) is 23.0 Å². The molecule has 1 aromatic rings. The number of hydrogen-bond donors (Lipinski definition) is 1. The minimum atomic E-state index is -0.572. The molecule has 0 aliphatic heterocycles. The van der Waals surface area contributed by atoms with Crippen LogP contribution in [0.25, 0.3) is 0 Å². The fraction of sp³-hybridized carbons (Fsp3) is 0.625. The molecule has 0 spiro atoms. The van der Waals surface area contributed by atoms with E-state index in [1.54, 1.807) is 13.0 Å². The molecule has 0 radical (unpaired) electrons. The predicted octanol–water partition coefficient (Wildman–Crippen LogP) is 3.39. The van der Waals surface area contributed by atoms with E-state index in [0.29, 0.717) is 5.56 Å². The summed E-state index contributed by atoms with van der Waals surface area (Å²) in [4.78, 5) is 24.4. The lowest BCUT2D eigenvalue weighted by molar-refractivity contribution is -0.125. The zero-order chi connectivity index (χ0) is 16.5. The number of nitrogens with one attached hydrogen (secondary N) is 1. The highest BCUT2D eigenvalue weighted by atomic mass is 35.5. The fourth-order valence-corrected chi connectivity index (χ4v) is 2.55. The first kappa shape index (κ1) is 17.8. The Hall–Kier alpha value is -1.29. The predicted molar refractivity (Wildman–Crippen MR) is 86.2 cm³/mol. The third kappa shape index (κ3) is 4.10. The van der Waals surface area contributed by atoms with Gasteiger partial charge in [0.1, 0.15) is 6.04 Å². The molecule has 1 N–H and O–H groups in total. The standard InChI is InChI=1S/C16H25ClN2O2/c1-9-8-13(14(20)10(2)17)11(3)19(9)12(4)15(21)18-16(5,6)7/h8,10,12H,1-7H3,(H,18,21). The first-order valence-electron chi connectivity index (χ1n) is 7.14. The Bertz CT molecular complexity index is 553. The lowest BCUT2D eigenvalue weighted by Crippen LogP contribution is -2.44. The van der Waals surface area contributed by atoms with Crippen LogP contribution in [0.2, 0.25) is 0 Å². The van der Waals surface area contributed by atoms with Gasteiger partial charge < -0.3 is 9.88 Å². The summed E-state index contributed by atoms with van der Waals surface area (Å²) in [7, 11) is 0. The van der Waals surface area contributed by atoms with Gasteiger partial charge in [0.15, 0.2) is 5.78 Å². The molecule has 2 unspecified atom stereocenters. The summed E-state index contributed by atoms with van der Waals surface area (Å²) in [5.74, 6) is -0.179. The average molecular weight is 313 g/mol. The van der Waals surface area contributed by atoms with Crippen LogP contribution in [-0.2, 0) is 4.79 Å². The normalized spacial score (nSPS) is 14.7. The highest BCUT2D eigenvalue weighted by Crippen LogP contribution is 2.23. The van der Waals surface area contributed by atoms with Crippen molar-refractivity contribution >= 4 is 23.3 Å². The van der Waals surface area contributed by atoms with Crippen molar-refractivity contribution in [2.24, 2.45) is 0 Å². The van der Waals surface area contributed by atoms with Crippen LogP contribution in [0.3, 0.4) is 0 Å². The van der Waals surface area contributed by atoms with E-state index >= 15 is 0 Å². The number of hydrogen-bond acceptors (Lipinski definition) is 2. The molecule has 1 aromatic heterocycles. The minimum Gasteiger partial charge on any atom is -0.350 e. The van der Waals surface area contributed by atoms with Gasteiger partial charge in [0, 0.05) is 22.5 Å². The molecule has 0 fully saturated rings. The van der Waals surface area contributed by atoms with Gasteiger partial charge in [0.05, 0.1) is 5.38 Å². The van der Waals surface area contributed by atoms with Crippen LogP contribution in [0.1, 0.15) is 62.4 Å². The van der Waals surface area contributed by atoms with Crippen LogP contribution in [0, 0.1) is 13.8 Å². The monoisotopic (exact) mass is 312 g/mol. The molecule has 5 heteroatoms. The molecule has 2 atom stereocenters. The fourth-order valence-electron chi connectivity index (χ4n) is 2.43. The third-order valence-corrected chi connectivity index (χ3v) is 3.57. The van der Waals surface area contributed by atoms with Gasteiger partial charge in [-0.15, -0.1) is 11.6 Å². The van der Waals surface area contributed by atoms with Crippen molar-refractivity contribution in [1.29, 1.82) is 0 Å². The summed E-state index contributed by atoms with van der Waals surface area (Å²) in [6.07, 6.45) is 0. The minimum absolute atomic E-state index is 0.0674. The number of rotatable bonds is 4. The number of nitrogens with zero attached hydrogens (tertiary/aromatic N) is 1. The Morgan fingerprint density at radius 1 is 1.24 bits per heavy atom. The molecule has 1 heterocycles. The van der Waals surface area contributed by atoms with Crippen LogP contribution in [-0.4, -0.2) is 27.2 Å². The molecule has 0 aliphatic rings. The van der Waals surface area contributed by atoms with Crippen LogP contribution < -0.4 is 5.32 Å². The van der Waals surface area contributed by atoms with Crippen molar-refractivity contribution in [3.63, 3.8) is 0 Å². The number of amides is 1. The van der Waals surface area contributed by atoms with Crippen LogP contribution in [0.5, 0.6) is 0 Å². The van der Waals surface area contributed by atoms with E-state index in [1.807, 2.05) is 46.1 Å². The molecule has 118 valence electrons. The first-order chi connectivity index (χ1) is 9.45. The summed E-state index contributed by atoms with van der Waals surface area (Å²) in [5, 5.41) is 2.39. The molecule has 4 nitrogen and oxygen atoms in total. The lowest BCUT2D eigenvalue weighted by Gasteiger charge is -2.25. The molecule has 0 saturated heterocycles. The number of aromatic nitrogens is 1. The van der Waals surface area contributed by atoms with Gasteiger partial charge in [-0.25, -0.2) is 0 Å². The zero-order valence-corrected chi connectivity index (χ0v) is 14.6. The van der Waals surface area contributed by atoms with E-state index in [2.05, 4.69) is 5.32 Å². The number of carbonyl (C=O) groups excluding carboxylic acids is 2. The second-order valence-electron chi connectivity index (χ2n) is 6.55. The summed E-state index contributed by atoms with van der Waals surface area (Å²) < 4.78 is 1.88. The van der Waals surface area contributed by atoms with E-state index in [-0.39, 0.29) is 23.3 Å². The quantitative estimate of drug-likeness (QED) is 0.684. The summed E-state index contributed by atoms with van der Waals surface area (Å²) >= 11 is 5.89. The van der Waals surface area contributed by atoms with E-state index in [0.717, 1.165) is 11.4 Å². The van der Waals surface area contributed by atoms with Gasteiger partial charge in [-0.1, -0.05) is 0 Å². The molecule has 0 bridgehead atoms. The number of halogens is 1. The Labute approximate surface area is 131 Å². The maximum atomic E-state index is 12.3. The average Bonchev–Trinajstić information content (AvgIpc) is 2.60. The third-order valence-electron chi connectivity index (χ3n) is 3.38. The smallest absolute Gasteiger partial charge is 0.243 e. The lowest BCUT2D eigenvalue weighted by atomic mass is 10.1. The second-order valence-corrected chi connectivity index (χ2v) is 7.20. The largest absolute Gasteiger partial charge is 0.350 e. The molecular formula is C16H25ClN2O2. The zero-order valence-electron chi connectivity index (χ0n) is 13.9. The van der Waals surface area contributed by atoms with Gasteiger partial charge >= 0.3 is 0 Å². The molecular weight excluding hydrogens is 288 g/mol. The Kier molecular flexibility index (Phi) is 5.26. The molecule has 0 saturated carbocycles. The van der Waals surface area contributed by atoms with Gasteiger partial charge in [-0.05, 0) is 54.5 Å². The van der Waals surface area contributed by atoms with Crippen molar-refractivity contribution in [3.8, 4) is 0 Å². The van der Waals surface area contributed by atoms with E-state index in [4.69, 9.17) is 11.6 Å². The second kappa shape index (κ2) is 6.22. The Morgan fingerprint density at radius 3 is 2.19 bits per heavy atom. The Morgan fingerprint density at radius 2 is 1.76 bits per heavy atom. The maximum Gasteiger partial charge on any atom is 0.243 e. The van der Waals surface area contributed by atoms with Crippen LogP contribution >= 0.6 is 11.6 Å². The highest BCUT2D eigenvalue weighted by Gasteiger charge is 2.26. The van der Waals surface area contributed by atoms with Crippen molar-refractivity contribution in [1.82, 2.24) is 9.88 Å².